The Balaban J connectivity index is 0.000000291. The number of rotatable bonds is 0. The molecule has 0 aliphatic rings. The molecular weight excluding hydrogens is 214 g/mol. The Hall–Kier alpha value is -0.0717. The second kappa shape index (κ2) is 6.05. The third kappa shape index (κ3) is 4.43. The van der Waals surface area contributed by atoms with E-state index in [0.717, 1.165) is 0 Å². The standard InChI is InChI=1S/C6H6N.Mo.S/c7-6-4-2-1-3-5-6;;/h1-5,7H;;/q-1;;. The zero-order valence-corrected chi connectivity index (χ0v) is 7.53. The van der Waals surface area contributed by atoms with Gasteiger partial charge in [0.15, 0.2) is 0 Å². The molecule has 0 fully saturated rings. The Morgan fingerprint density at radius 2 is 1.56 bits per heavy atom. The van der Waals surface area contributed by atoms with Crippen LogP contribution in [-0.2, 0) is 18.0 Å². The SMILES string of the molecule is [NH-]c1ccccc1.[S]=[Mo]. The van der Waals surface area contributed by atoms with Crippen molar-refractivity contribution in [2.45, 2.75) is 0 Å². The summed E-state index contributed by atoms with van der Waals surface area (Å²) in [6, 6.07) is 9.10. The van der Waals surface area contributed by atoms with Crippen molar-refractivity contribution in [3.8, 4) is 0 Å². The van der Waals surface area contributed by atoms with Gasteiger partial charge in [0.25, 0.3) is 0 Å². The monoisotopic (exact) mass is 222 g/mol. The van der Waals surface area contributed by atoms with Gasteiger partial charge in [-0.15, -0.1) is 5.69 Å². The van der Waals surface area contributed by atoms with Crippen LogP contribution in [0.15, 0.2) is 30.3 Å². The van der Waals surface area contributed by atoms with Crippen LogP contribution < -0.4 is 0 Å². The normalized spacial score (nSPS) is 7.11. The second-order valence-electron chi connectivity index (χ2n) is 1.37. The van der Waals surface area contributed by atoms with Gasteiger partial charge >= 0.3 is 27.8 Å². The average Bonchev–Trinajstić information content (AvgIpc) is 1.94. The van der Waals surface area contributed by atoms with Crippen LogP contribution in [0.2, 0.25) is 0 Å². The molecule has 1 aromatic rings. The van der Waals surface area contributed by atoms with Crippen LogP contribution in [0.25, 0.3) is 5.73 Å². The van der Waals surface area contributed by atoms with Crippen LogP contribution in [0.3, 0.4) is 0 Å². The van der Waals surface area contributed by atoms with Crippen molar-refractivity contribution in [2.24, 2.45) is 0 Å². The topological polar surface area (TPSA) is 23.8 Å². The zero-order chi connectivity index (χ0) is 7.11. The Morgan fingerprint density at radius 1 is 1.11 bits per heavy atom. The molecule has 0 aliphatic heterocycles. The van der Waals surface area contributed by atoms with Gasteiger partial charge in [0, 0.05) is 0 Å². The van der Waals surface area contributed by atoms with Gasteiger partial charge < -0.3 is 5.73 Å². The molecule has 0 unspecified atom stereocenters. The van der Waals surface area contributed by atoms with Crippen molar-refractivity contribution in [1.82, 2.24) is 0 Å². The minimum absolute atomic E-state index is 0.572. The fraction of sp³-hybridized carbons (Fsp3) is 0. The van der Waals surface area contributed by atoms with E-state index in [1.54, 1.807) is 12.1 Å². The quantitative estimate of drug-likeness (QED) is 0.616. The summed E-state index contributed by atoms with van der Waals surface area (Å²) >= 11 is 1.53. The fourth-order valence-electron chi connectivity index (χ4n) is 0.438. The summed E-state index contributed by atoms with van der Waals surface area (Å²) < 4.78 is 0. The van der Waals surface area contributed by atoms with Crippen molar-refractivity contribution in [1.29, 1.82) is 0 Å². The molecule has 0 atom stereocenters. The molecule has 0 spiro atoms. The van der Waals surface area contributed by atoms with Crippen LogP contribution in [0.4, 0.5) is 5.69 Å². The molecule has 0 saturated heterocycles. The van der Waals surface area contributed by atoms with Gasteiger partial charge in [-0.2, -0.15) is 0 Å². The third-order valence-corrected chi connectivity index (χ3v) is 0.774. The van der Waals surface area contributed by atoms with E-state index >= 15 is 0 Å². The summed E-state index contributed by atoms with van der Waals surface area (Å²) in [5.41, 5.74) is 7.57. The van der Waals surface area contributed by atoms with Crippen LogP contribution in [0, 0.1) is 0 Å². The van der Waals surface area contributed by atoms with E-state index < -0.39 is 0 Å². The molecule has 48 valence electrons. The average molecular weight is 220 g/mol. The van der Waals surface area contributed by atoms with Crippen LogP contribution in [0.1, 0.15) is 0 Å². The molecule has 1 N–H and O–H groups in total. The van der Waals surface area contributed by atoms with Crippen molar-refractivity contribution >= 4 is 15.5 Å². The van der Waals surface area contributed by atoms with E-state index in [1.165, 1.54) is 18.0 Å². The molecule has 0 amide bonds. The van der Waals surface area contributed by atoms with Gasteiger partial charge in [-0.3, -0.25) is 0 Å². The first-order valence-electron chi connectivity index (χ1n) is 2.33. The van der Waals surface area contributed by atoms with E-state index in [1.807, 2.05) is 18.2 Å². The molecular formula is C6H6MoNS-. The second-order valence-corrected chi connectivity index (χ2v) is 1.37. The zero-order valence-electron chi connectivity index (χ0n) is 4.70. The summed E-state index contributed by atoms with van der Waals surface area (Å²) in [4.78, 5) is 0. The first kappa shape index (κ1) is 8.93. The maximum absolute atomic E-state index is 7.00. The molecule has 1 aromatic carbocycles. The Kier molecular flexibility index (Phi) is 6.01. The van der Waals surface area contributed by atoms with Crippen LogP contribution in [0.5, 0.6) is 0 Å². The Labute approximate surface area is 69.6 Å². The molecule has 9 heavy (non-hydrogen) atoms. The summed E-state index contributed by atoms with van der Waals surface area (Å²) in [6.07, 6.45) is 0. The molecule has 0 saturated carbocycles. The molecule has 0 aromatic heterocycles. The fourth-order valence-corrected chi connectivity index (χ4v) is 0.438. The van der Waals surface area contributed by atoms with E-state index in [9.17, 15) is 0 Å². The van der Waals surface area contributed by atoms with Gasteiger partial charge in [0.05, 0.1) is 0 Å². The van der Waals surface area contributed by atoms with Gasteiger partial charge in [-0.25, -0.2) is 0 Å². The minimum atomic E-state index is 0.572. The van der Waals surface area contributed by atoms with Gasteiger partial charge in [-0.1, -0.05) is 30.3 Å². The van der Waals surface area contributed by atoms with Crippen molar-refractivity contribution < 1.29 is 18.0 Å². The summed E-state index contributed by atoms with van der Waals surface area (Å²) in [6.45, 7) is 0. The third-order valence-electron chi connectivity index (χ3n) is 0.774. The number of hydrogen-bond acceptors (Lipinski definition) is 1. The summed E-state index contributed by atoms with van der Waals surface area (Å²) in [5.74, 6) is 0. The van der Waals surface area contributed by atoms with E-state index in [0.29, 0.717) is 5.69 Å². The first-order chi connectivity index (χ1) is 4.39. The predicted octanol–water partition coefficient (Wildman–Crippen LogP) is 3.02. The number of hydrogen-bond donors (Lipinski definition) is 0. The Morgan fingerprint density at radius 3 is 1.78 bits per heavy atom. The van der Waals surface area contributed by atoms with Gasteiger partial charge in [0.1, 0.15) is 0 Å². The Bertz CT molecular complexity index is 154. The summed E-state index contributed by atoms with van der Waals surface area (Å²) in [7, 11) is 4.09. The first-order valence-corrected chi connectivity index (χ1v) is 5.12. The molecule has 3 heteroatoms. The molecule has 0 heterocycles. The van der Waals surface area contributed by atoms with Gasteiger partial charge in [-0.05, 0) is 0 Å². The molecule has 1 nitrogen and oxygen atoms in total. The number of benzene rings is 1. The van der Waals surface area contributed by atoms with Crippen molar-refractivity contribution in [3.63, 3.8) is 0 Å². The molecule has 0 bridgehead atoms. The molecule has 0 radical (unpaired) electrons. The molecule has 1 rings (SSSR count). The van der Waals surface area contributed by atoms with Crippen molar-refractivity contribution in [3.05, 3.63) is 36.1 Å². The van der Waals surface area contributed by atoms with Crippen LogP contribution >= 0.6 is 9.82 Å². The predicted molar refractivity (Wildman–Crippen MR) is 38.0 cm³/mol. The van der Waals surface area contributed by atoms with Crippen LogP contribution in [-0.4, -0.2) is 0 Å². The van der Waals surface area contributed by atoms with E-state index in [-0.39, 0.29) is 0 Å². The van der Waals surface area contributed by atoms with E-state index in [4.69, 9.17) is 5.73 Å². The molecule has 0 aliphatic carbocycles. The maximum atomic E-state index is 7.00. The van der Waals surface area contributed by atoms with Gasteiger partial charge in [0.2, 0.25) is 0 Å². The summed E-state index contributed by atoms with van der Waals surface area (Å²) in [5, 5.41) is 0. The van der Waals surface area contributed by atoms with Crippen molar-refractivity contribution in [2.75, 3.05) is 0 Å². The number of nitrogens with one attached hydrogen (secondary N) is 1. The van der Waals surface area contributed by atoms with E-state index in [2.05, 4.69) is 9.82 Å².